The maximum atomic E-state index is 13.1. The number of benzene rings is 1. The number of piperidine rings is 1. The molecule has 2 aliphatic heterocycles. The average molecular weight is 343 g/mol. The van der Waals surface area contributed by atoms with E-state index in [1.54, 1.807) is 6.92 Å². The molecule has 1 fully saturated rings. The lowest BCUT2D eigenvalue weighted by Crippen LogP contribution is -2.50. The Kier molecular flexibility index (Phi) is 5.42. The molecule has 1 saturated heterocycles. The van der Waals surface area contributed by atoms with E-state index in [-0.39, 0.29) is 23.9 Å². The highest BCUT2D eigenvalue weighted by Crippen LogP contribution is 2.33. The largest absolute Gasteiger partial charge is 0.338 e. The minimum absolute atomic E-state index is 0.0370. The van der Waals surface area contributed by atoms with Gasteiger partial charge >= 0.3 is 0 Å². The van der Waals surface area contributed by atoms with Crippen LogP contribution in [0, 0.1) is 5.92 Å². The highest BCUT2D eigenvalue weighted by molar-refractivity contribution is 5.80. The first kappa shape index (κ1) is 17.9. The summed E-state index contributed by atoms with van der Waals surface area (Å²) in [5.74, 6) is 0.770. The van der Waals surface area contributed by atoms with E-state index in [1.807, 2.05) is 21.9 Å². The monoisotopic (exact) mass is 343 g/mol. The number of carbonyl (C=O) groups excluding carboxylic acids is 2. The van der Waals surface area contributed by atoms with E-state index >= 15 is 0 Å². The zero-order chi connectivity index (χ0) is 18.0. The summed E-state index contributed by atoms with van der Waals surface area (Å²) in [4.78, 5) is 29.0. The number of amides is 2. The Morgan fingerprint density at radius 1 is 1.20 bits per heavy atom. The number of hydrogen-bond acceptors (Lipinski definition) is 3. The van der Waals surface area contributed by atoms with Gasteiger partial charge in [-0.1, -0.05) is 31.2 Å². The van der Waals surface area contributed by atoms with E-state index in [9.17, 15) is 9.59 Å². The smallest absolute Gasteiger partial charge is 0.225 e. The molecule has 136 valence electrons. The van der Waals surface area contributed by atoms with Crippen molar-refractivity contribution in [1.82, 2.24) is 9.80 Å². The Bertz CT molecular complexity index is 646. The zero-order valence-corrected chi connectivity index (χ0v) is 15.3. The van der Waals surface area contributed by atoms with Crippen LogP contribution in [0.1, 0.15) is 50.3 Å². The predicted molar refractivity (Wildman–Crippen MR) is 97.8 cm³/mol. The molecule has 0 saturated carbocycles. The van der Waals surface area contributed by atoms with Crippen molar-refractivity contribution in [3.05, 3.63) is 35.4 Å². The first-order chi connectivity index (χ1) is 12.0. The standard InChI is InChI=1S/C20H29N3O2/c1-14-7-9-23(17(11-14)13-21)20(25)12-19-18-6-4-3-5-16(18)8-10-22(19)15(2)24/h3-6,14,17,19H,7-13,21H2,1-2H3. The molecule has 3 atom stereocenters. The average Bonchev–Trinajstić information content (AvgIpc) is 2.61. The van der Waals surface area contributed by atoms with Crippen molar-refractivity contribution >= 4 is 11.8 Å². The fourth-order valence-corrected chi connectivity index (χ4v) is 4.33. The Hall–Kier alpha value is -1.88. The summed E-state index contributed by atoms with van der Waals surface area (Å²) < 4.78 is 0. The van der Waals surface area contributed by atoms with Crippen LogP contribution in [0.2, 0.25) is 0 Å². The van der Waals surface area contributed by atoms with Crippen molar-refractivity contribution in [3.63, 3.8) is 0 Å². The predicted octanol–water partition coefficient (Wildman–Crippen LogP) is 2.11. The summed E-state index contributed by atoms with van der Waals surface area (Å²) >= 11 is 0. The molecule has 25 heavy (non-hydrogen) atoms. The van der Waals surface area contributed by atoms with Crippen LogP contribution in [-0.4, -0.2) is 47.3 Å². The maximum Gasteiger partial charge on any atom is 0.225 e. The first-order valence-corrected chi connectivity index (χ1v) is 9.35. The molecule has 2 aliphatic rings. The van der Waals surface area contributed by atoms with Gasteiger partial charge in [0.15, 0.2) is 0 Å². The Morgan fingerprint density at radius 3 is 2.68 bits per heavy atom. The van der Waals surface area contributed by atoms with E-state index in [0.717, 1.165) is 31.4 Å². The van der Waals surface area contributed by atoms with Crippen LogP contribution in [0.15, 0.2) is 24.3 Å². The van der Waals surface area contributed by atoms with Gasteiger partial charge in [-0.25, -0.2) is 0 Å². The zero-order valence-electron chi connectivity index (χ0n) is 15.3. The van der Waals surface area contributed by atoms with E-state index < -0.39 is 0 Å². The van der Waals surface area contributed by atoms with Gasteiger partial charge < -0.3 is 15.5 Å². The van der Waals surface area contributed by atoms with Crippen LogP contribution in [0.4, 0.5) is 0 Å². The lowest BCUT2D eigenvalue weighted by atomic mass is 9.88. The van der Waals surface area contributed by atoms with Crippen molar-refractivity contribution in [2.75, 3.05) is 19.6 Å². The summed E-state index contributed by atoms with van der Waals surface area (Å²) in [6.07, 6.45) is 3.20. The molecule has 3 unspecified atom stereocenters. The van der Waals surface area contributed by atoms with Gasteiger partial charge in [-0.2, -0.15) is 0 Å². The number of carbonyl (C=O) groups is 2. The Balaban J connectivity index is 1.81. The number of fused-ring (bicyclic) bond motifs is 1. The van der Waals surface area contributed by atoms with E-state index in [4.69, 9.17) is 5.73 Å². The van der Waals surface area contributed by atoms with Crippen molar-refractivity contribution in [1.29, 1.82) is 0 Å². The van der Waals surface area contributed by atoms with E-state index in [0.29, 0.717) is 25.4 Å². The third-order valence-corrected chi connectivity index (χ3v) is 5.76. The molecule has 0 aromatic heterocycles. The number of hydrogen-bond donors (Lipinski definition) is 1. The van der Waals surface area contributed by atoms with Crippen molar-refractivity contribution in [3.8, 4) is 0 Å². The summed E-state index contributed by atoms with van der Waals surface area (Å²) in [5.41, 5.74) is 8.29. The molecule has 2 N–H and O–H groups in total. The normalized spacial score (nSPS) is 26.3. The van der Waals surface area contributed by atoms with Crippen LogP contribution in [-0.2, 0) is 16.0 Å². The molecule has 0 aliphatic carbocycles. The van der Waals surface area contributed by atoms with Crippen LogP contribution < -0.4 is 5.73 Å². The molecule has 0 bridgehead atoms. The fraction of sp³-hybridized carbons (Fsp3) is 0.600. The molecule has 1 aromatic rings. The molecule has 3 rings (SSSR count). The van der Waals surface area contributed by atoms with Gasteiger partial charge in [-0.3, -0.25) is 9.59 Å². The second-order valence-corrected chi connectivity index (χ2v) is 7.49. The summed E-state index contributed by atoms with van der Waals surface area (Å²) in [6.45, 7) is 5.78. The Labute approximate surface area is 150 Å². The molecule has 0 spiro atoms. The van der Waals surface area contributed by atoms with Gasteiger partial charge in [0.05, 0.1) is 12.5 Å². The van der Waals surface area contributed by atoms with Gasteiger partial charge in [-0.05, 0) is 36.3 Å². The van der Waals surface area contributed by atoms with Gasteiger partial charge in [0.2, 0.25) is 11.8 Å². The maximum absolute atomic E-state index is 13.1. The minimum Gasteiger partial charge on any atom is -0.338 e. The summed E-state index contributed by atoms with van der Waals surface area (Å²) in [7, 11) is 0. The molecule has 0 radical (unpaired) electrons. The van der Waals surface area contributed by atoms with Crippen LogP contribution >= 0.6 is 0 Å². The van der Waals surface area contributed by atoms with Gasteiger partial charge in [0, 0.05) is 32.6 Å². The number of likely N-dealkylation sites (tertiary alicyclic amines) is 1. The second kappa shape index (κ2) is 7.56. The van der Waals surface area contributed by atoms with Gasteiger partial charge in [0.25, 0.3) is 0 Å². The SMILES string of the molecule is CC(=O)N1CCc2ccccc2C1CC(=O)N1CCC(C)CC1CN. The van der Waals surface area contributed by atoms with Crippen molar-refractivity contribution < 1.29 is 9.59 Å². The molecule has 2 amide bonds. The molecular weight excluding hydrogens is 314 g/mol. The van der Waals surface area contributed by atoms with Gasteiger partial charge in [-0.15, -0.1) is 0 Å². The highest BCUT2D eigenvalue weighted by atomic mass is 16.2. The Morgan fingerprint density at radius 2 is 1.96 bits per heavy atom. The highest BCUT2D eigenvalue weighted by Gasteiger charge is 2.35. The lowest BCUT2D eigenvalue weighted by Gasteiger charge is -2.41. The van der Waals surface area contributed by atoms with Crippen LogP contribution in [0.5, 0.6) is 0 Å². The second-order valence-electron chi connectivity index (χ2n) is 7.49. The lowest BCUT2D eigenvalue weighted by molar-refractivity contribution is -0.139. The number of rotatable bonds is 3. The molecular formula is C20H29N3O2. The fourth-order valence-electron chi connectivity index (χ4n) is 4.33. The van der Waals surface area contributed by atoms with Crippen molar-refractivity contribution in [2.45, 2.75) is 51.6 Å². The molecule has 5 nitrogen and oxygen atoms in total. The third-order valence-electron chi connectivity index (χ3n) is 5.76. The van der Waals surface area contributed by atoms with Crippen molar-refractivity contribution in [2.24, 2.45) is 11.7 Å². The van der Waals surface area contributed by atoms with Gasteiger partial charge in [0.1, 0.15) is 0 Å². The minimum atomic E-state index is -0.160. The number of nitrogens with two attached hydrogens (primary N) is 1. The molecule has 2 heterocycles. The van der Waals surface area contributed by atoms with Crippen LogP contribution in [0.25, 0.3) is 0 Å². The molecule has 5 heteroatoms. The third kappa shape index (κ3) is 3.71. The summed E-state index contributed by atoms with van der Waals surface area (Å²) in [6, 6.07) is 8.15. The van der Waals surface area contributed by atoms with E-state index in [2.05, 4.69) is 19.1 Å². The molecule has 1 aromatic carbocycles. The first-order valence-electron chi connectivity index (χ1n) is 9.35. The van der Waals surface area contributed by atoms with E-state index in [1.165, 1.54) is 5.56 Å². The van der Waals surface area contributed by atoms with Crippen LogP contribution in [0.3, 0.4) is 0 Å². The topological polar surface area (TPSA) is 66.6 Å². The summed E-state index contributed by atoms with van der Waals surface area (Å²) in [5, 5.41) is 0. The number of nitrogens with zero attached hydrogens (tertiary/aromatic N) is 2. The quantitative estimate of drug-likeness (QED) is 0.914.